The lowest BCUT2D eigenvalue weighted by molar-refractivity contribution is 0.395. The van der Waals surface area contributed by atoms with Crippen molar-refractivity contribution in [1.82, 2.24) is 5.32 Å². The van der Waals surface area contributed by atoms with Gasteiger partial charge < -0.3 is 10.1 Å². The lowest BCUT2D eigenvalue weighted by Gasteiger charge is -2.23. The van der Waals surface area contributed by atoms with Gasteiger partial charge in [-0.05, 0) is 38.5 Å². The van der Waals surface area contributed by atoms with Crippen molar-refractivity contribution >= 4 is 0 Å². The summed E-state index contributed by atoms with van der Waals surface area (Å²) in [7, 11) is 1.67. The van der Waals surface area contributed by atoms with Crippen LogP contribution < -0.4 is 10.1 Å². The van der Waals surface area contributed by atoms with Crippen molar-refractivity contribution in [2.45, 2.75) is 32.9 Å². The maximum absolute atomic E-state index is 13.8. The van der Waals surface area contributed by atoms with E-state index in [1.54, 1.807) is 13.2 Å². The molecule has 0 saturated heterocycles. The van der Waals surface area contributed by atoms with Gasteiger partial charge in [0.1, 0.15) is 11.6 Å². The highest BCUT2D eigenvalue weighted by atomic mass is 19.1. The van der Waals surface area contributed by atoms with E-state index in [1.165, 1.54) is 6.07 Å². The first-order valence-corrected chi connectivity index (χ1v) is 7.18. The topological polar surface area (TPSA) is 21.3 Å². The zero-order chi connectivity index (χ0) is 15.4. The number of benzene rings is 2. The van der Waals surface area contributed by atoms with Crippen LogP contribution in [0.2, 0.25) is 0 Å². The molecule has 1 N–H and O–H groups in total. The standard InChI is InChI=1S/C18H22FNO/c1-12-9-10-16(18(11-12)21-4)14(3)20-13(2)15-7-5-6-8-17(15)19/h5-11,13-14,20H,1-4H3. The predicted octanol–water partition coefficient (Wildman–Crippen LogP) is 4.55. The first kappa shape index (κ1) is 15.5. The van der Waals surface area contributed by atoms with Crippen LogP contribution in [0.4, 0.5) is 4.39 Å². The van der Waals surface area contributed by atoms with Gasteiger partial charge in [-0.1, -0.05) is 30.3 Å². The fourth-order valence-corrected chi connectivity index (χ4v) is 2.56. The van der Waals surface area contributed by atoms with Crippen molar-refractivity contribution < 1.29 is 9.13 Å². The number of hydrogen-bond acceptors (Lipinski definition) is 2. The highest BCUT2D eigenvalue weighted by Crippen LogP contribution is 2.28. The molecule has 0 aliphatic carbocycles. The van der Waals surface area contributed by atoms with Crippen LogP contribution in [0, 0.1) is 12.7 Å². The molecule has 0 aliphatic rings. The summed E-state index contributed by atoms with van der Waals surface area (Å²) >= 11 is 0. The molecule has 2 unspecified atom stereocenters. The quantitative estimate of drug-likeness (QED) is 0.870. The molecule has 0 bridgehead atoms. The average molecular weight is 287 g/mol. The fraction of sp³-hybridized carbons (Fsp3) is 0.333. The third-order valence-electron chi connectivity index (χ3n) is 3.73. The van der Waals surface area contributed by atoms with Crippen LogP contribution in [0.15, 0.2) is 42.5 Å². The van der Waals surface area contributed by atoms with E-state index in [-0.39, 0.29) is 17.9 Å². The number of halogens is 1. The molecule has 21 heavy (non-hydrogen) atoms. The zero-order valence-corrected chi connectivity index (χ0v) is 13.0. The van der Waals surface area contributed by atoms with Crippen LogP contribution in [0.5, 0.6) is 5.75 Å². The van der Waals surface area contributed by atoms with E-state index in [4.69, 9.17) is 4.74 Å². The van der Waals surface area contributed by atoms with Crippen molar-refractivity contribution in [2.24, 2.45) is 0 Å². The van der Waals surface area contributed by atoms with Crippen molar-refractivity contribution in [3.8, 4) is 5.75 Å². The van der Waals surface area contributed by atoms with E-state index in [9.17, 15) is 4.39 Å². The maximum atomic E-state index is 13.8. The lowest BCUT2D eigenvalue weighted by atomic mass is 10.0. The van der Waals surface area contributed by atoms with Gasteiger partial charge >= 0.3 is 0 Å². The number of rotatable bonds is 5. The third-order valence-corrected chi connectivity index (χ3v) is 3.73. The van der Waals surface area contributed by atoms with E-state index in [0.717, 1.165) is 16.9 Å². The molecule has 2 atom stereocenters. The zero-order valence-electron chi connectivity index (χ0n) is 13.0. The van der Waals surface area contributed by atoms with Crippen LogP contribution in [0.25, 0.3) is 0 Å². The number of nitrogens with one attached hydrogen (secondary N) is 1. The predicted molar refractivity (Wildman–Crippen MR) is 84.1 cm³/mol. The molecule has 0 heterocycles. The van der Waals surface area contributed by atoms with E-state index in [0.29, 0.717) is 5.56 Å². The van der Waals surface area contributed by atoms with Crippen LogP contribution in [-0.2, 0) is 0 Å². The number of aryl methyl sites for hydroxylation is 1. The first-order valence-electron chi connectivity index (χ1n) is 7.18. The van der Waals surface area contributed by atoms with Gasteiger partial charge in [0.05, 0.1) is 7.11 Å². The fourth-order valence-electron chi connectivity index (χ4n) is 2.56. The Morgan fingerprint density at radius 2 is 1.67 bits per heavy atom. The number of hydrogen-bond donors (Lipinski definition) is 1. The minimum atomic E-state index is -0.180. The van der Waals surface area contributed by atoms with E-state index in [1.807, 2.05) is 32.0 Å². The molecule has 2 nitrogen and oxygen atoms in total. The molecule has 0 amide bonds. The molecule has 0 saturated carbocycles. The molecular formula is C18H22FNO. The second-order valence-electron chi connectivity index (χ2n) is 5.38. The molecule has 2 aromatic carbocycles. The summed E-state index contributed by atoms with van der Waals surface area (Å²) in [5.41, 5.74) is 2.91. The van der Waals surface area contributed by atoms with Gasteiger partial charge in [0.25, 0.3) is 0 Å². The molecule has 0 fully saturated rings. The molecular weight excluding hydrogens is 265 g/mol. The SMILES string of the molecule is COc1cc(C)ccc1C(C)NC(C)c1ccccc1F. The summed E-state index contributed by atoms with van der Waals surface area (Å²) in [4.78, 5) is 0. The second kappa shape index (κ2) is 6.72. The van der Waals surface area contributed by atoms with Crippen molar-refractivity contribution in [2.75, 3.05) is 7.11 Å². The Morgan fingerprint density at radius 3 is 2.33 bits per heavy atom. The molecule has 3 heteroatoms. The highest BCUT2D eigenvalue weighted by molar-refractivity contribution is 5.39. The Bertz CT molecular complexity index is 612. The summed E-state index contributed by atoms with van der Waals surface area (Å²) in [5.74, 6) is 0.677. The molecule has 0 radical (unpaired) electrons. The summed E-state index contributed by atoms with van der Waals surface area (Å²) in [6, 6.07) is 13.0. The van der Waals surface area contributed by atoms with Gasteiger partial charge in [0, 0.05) is 23.2 Å². The van der Waals surface area contributed by atoms with Gasteiger partial charge in [0.15, 0.2) is 0 Å². The van der Waals surface area contributed by atoms with Crippen molar-refractivity contribution in [3.63, 3.8) is 0 Å². The smallest absolute Gasteiger partial charge is 0.127 e. The average Bonchev–Trinajstić information content (AvgIpc) is 2.47. The molecule has 0 aliphatic heterocycles. The minimum absolute atomic E-state index is 0.0650. The summed E-state index contributed by atoms with van der Waals surface area (Å²) in [5, 5.41) is 3.43. The van der Waals surface area contributed by atoms with Crippen LogP contribution in [-0.4, -0.2) is 7.11 Å². The molecule has 2 aromatic rings. The molecule has 112 valence electrons. The van der Waals surface area contributed by atoms with Crippen LogP contribution >= 0.6 is 0 Å². The first-order chi connectivity index (χ1) is 10.0. The van der Waals surface area contributed by atoms with E-state index in [2.05, 4.69) is 24.4 Å². The van der Waals surface area contributed by atoms with Gasteiger partial charge in [0.2, 0.25) is 0 Å². The number of ether oxygens (including phenoxy) is 1. The molecule has 0 aromatic heterocycles. The van der Waals surface area contributed by atoms with Crippen LogP contribution in [0.1, 0.15) is 42.6 Å². The molecule has 2 rings (SSSR count). The van der Waals surface area contributed by atoms with Gasteiger partial charge in [-0.15, -0.1) is 0 Å². The van der Waals surface area contributed by atoms with Crippen LogP contribution in [0.3, 0.4) is 0 Å². The minimum Gasteiger partial charge on any atom is -0.496 e. The Morgan fingerprint density at radius 1 is 1.00 bits per heavy atom. The van der Waals surface area contributed by atoms with E-state index < -0.39 is 0 Å². The van der Waals surface area contributed by atoms with Gasteiger partial charge in [-0.3, -0.25) is 0 Å². The Labute approximate surface area is 126 Å². The summed E-state index contributed by atoms with van der Waals surface area (Å²) in [6.45, 7) is 6.06. The highest BCUT2D eigenvalue weighted by Gasteiger charge is 2.16. The monoisotopic (exact) mass is 287 g/mol. The maximum Gasteiger partial charge on any atom is 0.127 e. The normalized spacial score (nSPS) is 13.8. The summed E-state index contributed by atoms with van der Waals surface area (Å²) in [6.07, 6.45) is 0. The number of methoxy groups -OCH3 is 1. The Balaban J connectivity index is 2.18. The van der Waals surface area contributed by atoms with Crippen molar-refractivity contribution in [1.29, 1.82) is 0 Å². The lowest BCUT2D eigenvalue weighted by Crippen LogP contribution is -2.23. The Hall–Kier alpha value is -1.87. The van der Waals surface area contributed by atoms with Gasteiger partial charge in [-0.2, -0.15) is 0 Å². The third kappa shape index (κ3) is 3.61. The van der Waals surface area contributed by atoms with Crippen molar-refractivity contribution in [3.05, 3.63) is 65.0 Å². The molecule has 0 spiro atoms. The van der Waals surface area contributed by atoms with E-state index >= 15 is 0 Å². The Kier molecular flexibility index (Phi) is 4.97. The summed E-state index contributed by atoms with van der Waals surface area (Å²) < 4.78 is 19.3. The second-order valence-corrected chi connectivity index (χ2v) is 5.38. The largest absolute Gasteiger partial charge is 0.496 e. The van der Waals surface area contributed by atoms with Gasteiger partial charge in [-0.25, -0.2) is 4.39 Å².